The van der Waals surface area contributed by atoms with Crippen LogP contribution in [0, 0.1) is 0 Å². The SMILES string of the molecule is CCc1ccc(NC(=O)C=Cc2ccco2)cc1. The first-order chi connectivity index (χ1) is 8.78. The van der Waals surface area contributed by atoms with E-state index in [4.69, 9.17) is 4.42 Å². The number of anilines is 1. The zero-order valence-corrected chi connectivity index (χ0v) is 10.2. The van der Waals surface area contributed by atoms with E-state index in [-0.39, 0.29) is 5.91 Å². The van der Waals surface area contributed by atoms with Crippen molar-refractivity contribution in [1.29, 1.82) is 0 Å². The van der Waals surface area contributed by atoms with Crippen molar-refractivity contribution in [1.82, 2.24) is 0 Å². The summed E-state index contributed by atoms with van der Waals surface area (Å²) >= 11 is 0. The van der Waals surface area contributed by atoms with Gasteiger partial charge in [0.25, 0.3) is 0 Å². The Morgan fingerprint density at radius 3 is 2.67 bits per heavy atom. The second kappa shape index (κ2) is 5.87. The van der Waals surface area contributed by atoms with Crippen molar-refractivity contribution in [3.63, 3.8) is 0 Å². The third kappa shape index (κ3) is 3.35. The van der Waals surface area contributed by atoms with E-state index in [9.17, 15) is 4.79 Å². The van der Waals surface area contributed by atoms with Gasteiger partial charge in [0.2, 0.25) is 5.91 Å². The second-order valence-electron chi connectivity index (χ2n) is 3.89. The minimum Gasteiger partial charge on any atom is -0.465 e. The van der Waals surface area contributed by atoms with Crippen LogP contribution < -0.4 is 5.32 Å². The normalized spacial score (nSPS) is 10.7. The Hall–Kier alpha value is -2.29. The van der Waals surface area contributed by atoms with Gasteiger partial charge in [0.05, 0.1) is 6.26 Å². The van der Waals surface area contributed by atoms with Crippen LogP contribution in [0.4, 0.5) is 5.69 Å². The summed E-state index contributed by atoms with van der Waals surface area (Å²) in [4.78, 5) is 11.6. The minimum atomic E-state index is -0.171. The first kappa shape index (κ1) is 12.2. The highest BCUT2D eigenvalue weighted by Gasteiger charge is 1.98. The molecule has 0 aliphatic carbocycles. The molecule has 1 aromatic heterocycles. The molecule has 1 amide bonds. The molecule has 1 heterocycles. The average molecular weight is 241 g/mol. The van der Waals surface area contributed by atoms with Gasteiger partial charge in [-0.1, -0.05) is 19.1 Å². The lowest BCUT2D eigenvalue weighted by molar-refractivity contribution is -0.111. The van der Waals surface area contributed by atoms with Crippen LogP contribution in [0.1, 0.15) is 18.2 Å². The summed E-state index contributed by atoms with van der Waals surface area (Å²) in [6.45, 7) is 2.10. The Morgan fingerprint density at radius 2 is 2.06 bits per heavy atom. The van der Waals surface area contributed by atoms with Gasteiger partial charge in [-0.25, -0.2) is 0 Å². The van der Waals surface area contributed by atoms with E-state index in [0.717, 1.165) is 12.1 Å². The highest BCUT2D eigenvalue weighted by Crippen LogP contribution is 2.10. The number of nitrogens with one attached hydrogen (secondary N) is 1. The van der Waals surface area contributed by atoms with E-state index in [1.54, 1.807) is 24.5 Å². The maximum atomic E-state index is 11.6. The van der Waals surface area contributed by atoms with Crippen molar-refractivity contribution in [3.05, 3.63) is 60.1 Å². The molecule has 2 rings (SSSR count). The molecule has 3 nitrogen and oxygen atoms in total. The van der Waals surface area contributed by atoms with Crippen LogP contribution in [-0.4, -0.2) is 5.91 Å². The predicted octanol–water partition coefficient (Wildman–Crippen LogP) is 3.49. The molecule has 1 N–H and O–H groups in total. The van der Waals surface area contributed by atoms with Gasteiger partial charge in [0.1, 0.15) is 5.76 Å². The third-order valence-corrected chi connectivity index (χ3v) is 2.57. The Balaban J connectivity index is 1.94. The topological polar surface area (TPSA) is 42.2 Å². The van der Waals surface area contributed by atoms with Crippen molar-refractivity contribution >= 4 is 17.7 Å². The summed E-state index contributed by atoms with van der Waals surface area (Å²) in [6, 6.07) is 11.4. The number of amides is 1. The van der Waals surface area contributed by atoms with Gasteiger partial charge >= 0.3 is 0 Å². The van der Waals surface area contributed by atoms with Crippen LogP contribution in [0.2, 0.25) is 0 Å². The fraction of sp³-hybridized carbons (Fsp3) is 0.133. The smallest absolute Gasteiger partial charge is 0.248 e. The lowest BCUT2D eigenvalue weighted by Crippen LogP contribution is -2.07. The van der Waals surface area contributed by atoms with Crippen molar-refractivity contribution in [3.8, 4) is 0 Å². The Bertz CT molecular complexity index is 524. The van der Waals surface area contributed by atoms with Gasteiger partial charge in [-0.3, -0.25) is 4.79 Å². The van der Waals surface area contributed by atoms with E-state index in [2.05, 4.69) is 12.2 Å². The maximum absolute atomic E-state index is 11.6. The van der Waals surface area contributed by atoms with E-state index in [1.165, 1.54) is 11.6 Å². The molecule has 0 radical (unpaired) electrons. The second-order valence-corrected chi connectivity index (χ2v) is 3.89. The van der Waals surface area contributed by atoms with E-state index >= 15 is 0 Å². The molecule has 0 aliphatic heterocycles. The monoisotopic (exact) mass is 241 g/mol. The first-order valence-corrected chi connectivity index (χ1v) is 5.89. The molecule has 0 saturated carbocycles. The molecule has 0 aliphatic rings. The van der Waals surface area contributed by atoms with Crippen LogP contribution >= 0.6 is 0 Å². The molecule has 0 atom stereocenters. The lowest BCUT2D eigenvalue weighted by Gasteiger charge is -2.02. The zero-order valence-electron chi connectivity index (χ0n) is 10.2. The number of hydrogen-bond acceptors (Lipinski definition) is 2. The fourth-order valence-corrected chi connectivity index (χ4v) is 1.55. The summed E-state index contributed by atoms with van der Waals surface area (Å²) in [5, 5.41) is 2.79. The number of benzene rings is 1. The van der Waals surface area contributed by atoms with Crippen LogP contribution in [0.15, 0.2) is 53.2 Å². The van der Waals surface area contributed by atoms with Crippen molar-refractivity contribution in [2.24, 2.45) is 0 Å². The molecule has 3 heteroatoms. The number of carbonyl (C=O) groups excluding carboxylic acids is 1. The molecule has 0 unspecified atom stereocenters. The highest BCUT2D eigenvalue weighted by molar-refractivity contribution is 6.01. The molecule has 0 saturated heterocycles. The van der Waals surface area contributed by atoms with E-state index < -0.39 is 0 Å². The fourth-order valence-electron chi connectivity index (χ4n) is 1.55. The molecule has 0 spiro atoms. The molecule has 2 aromatic rings. The summed E-state index contributed by atoms with van der Waals surface area (Å²) in [5.74, 6) is 0.488. The van der Waals surface area contributed by atoms with Crippen LogP contribution in [0.5, 0.6) is 0 Å². The molecular weight excluding hydrogens is 226 g/mol. The minimum absolute atomic E-state index is 0.171. The number of hydrogen-bond donors (Lipinski definition) is 1. The van der Waals surface area contributed by atoms with E-state index in [0.29, 0.717) is 5.76 Å². The number of furan rings is 1. The Kier molecular flexibility index (Phi) is 3.97. The standard InChI is InChI=1S/C15H15NO2/c1-2-12-5-7-13(8-6-12)16-15(17)10-9-14-4-3-11-18-14/h3-11H,2H2,1H3,(H,16,17). The van der Waals surface area contributed by atoms with Gasteiger partial charge in [0, 0.05) is 11.8 Å². The van der Waals surface area contributed by atoms with Gasteiger partial charge in [-0.05, 0) is 42.3 Å². The number of aryl methyl sites for hydroxylation is 1. The number of rotatable bonds is 4. The quantitative estimate of drug-likeness (QED) is 0.832. The molecule has 1 aromatic carbocycles. The maximum Gasteiger partial charge on any atom is 0.248 e. The van der Waals surface area contributed by atoms with Crippen LogP contribution in [0.25, 0.3) is 6.08 Å². The largest absolute Gasteiger partial charge is 0.465 e. The number of carbonyl (C=O) groups is 1. The van der Waals surface area contributed by atoms with Gasteiger partial charge in [0.15, 0.2) is 0 Å². The molecule has 0 bridgehead atoms. The summed E-state index contributed by atoms with van der Waals surface area (Å²) in [7, 11) is 0. The van der Waals surface area contributed by atoms with Gasteiger partial charge < -0.3 is 9.73 Å². The van der Waals surface area contributed by atoms with Crippen LogP contribution in [0.3, 0.4) is 0 Å². The van der Waals surface area contributed by atoms with Gasteiger partial charge in [-0.15, -0.1) is 0 Å². The summed E-state index contributed by atoms with van der Waals surface area (Å²) in [5.41, 5.74) is 2.04. The van der Waals surface area contributed by atoms with E-state index in [1.807, 2.05) is 24.3 Å². The Labute approximate surface area is 106 Å². The molecule has 0 fully saturated rings. The third-order valence-electron chi connectivity index (χ3n) is 2.57. The predicted molar refractivity (Wildman–Crippen MR) is 72.2 cm³/mol. The van der Waals surface area contributed by atoms with Crippen molar-refractivity contribution < 1.29 is 9.21 Å². The molecule has 92 valence electrons. The van der Waals surface area contributed by atoms with Crippen molar-refractivity contribution in [2.45, 2.75) is 13.3 Å². The highest BCUT2D eigenvalue weighted by atomic mass is 16.3. The zero-order chi connectivity index (χ0) is 12.8. The Morgan fingerprint density at radius 1 is 1.28 bits per heavy atom. The first-order valence-electron chi connectivity index (χ1n) is 5.89. The lowest BCUT2D eigenvalue weighted by atomic mass is 10.1. The van der Waals surface area contributed by atoms with Gasteiger partial charge in [-0.2, -0.15) is 0 Å². The molecule has 18 heavy (non-hydrogen) atoms. The molecular formula is C15H15NO2. The summed E-state index contributed by atoms with van der Waals surface area (Å²) < 4.78 is 5.10. The average Bonchev–Trinajstić information content (AvgIpc) is 2.90. The van der Waals surface area contributed by atoms with Crippen molar-refractivity contribution in [2.75, 3.05) is 5.32 Å². The summed E-state index contributed by atoms with van der Waals surface area (Å²) in [6.07, 6.45) is 5.65. The van der Waals surface area contributed by atoms with Crippen LogP contribution in [-0.2, 0) is 11.2 Å².